The summed E-state index contributed by atoms with van der Waals surface area (Å²) in [6.45, 7) is 5.05. The third-order valence-electron chi connectivity index (χ3n) is 3.76. The first kappa shape index (κ1) is 16.7. The Morgan fingerprint density at radius 3 is 2.45 bits per heavy atom. The van der Waals surface area contributed by atoms with Crippen molar-refractivity contribution in [2.75, 3.05) is 13.2 Å². The van der Waals surface area contributed by atoms with Crippen molar-refractivity contribution in [3.05, 3.63) is 23.6 Å². The van der Waals surface area contributed by atoms with Crippen LogP contribution in [-0.4, -0.2) is 30.3 Å². The van der Waals surface area contributed by atoms with E-state index >= 15 is 0 Å². The highest BCUT2D eigenvalue weighted by atomic mass is 19.4. The molecule has 1 heterocycles. The Labute approximate surface area is 129 Å². The van der Waals surface area contributed by atoms with Crippen LogP contribution < -0.4 is 0 Å². The van der Waals surface area contributed by atoms with E-state index in [-0.39, 0.29) is 17.4 Å². The van der Waals surface area contributed by atoms with E-state index < -0.39 is 12.8 Å². The molecule has 1 fully saturated rings. The van der Waals surface area contributed by atoms with Gasteiger partial charge in [0.25, 0.3) is 0 Å². The van der Waals surface area contributed by atoms with Gasteiger partial charge < -0.3 is 9.64 Å². The van der Waals surface area contributed by atoms with Crippen LogP contribution in [0.15, 0.2) is 23.6 Å². The first-order valence-corrected chi connectivity index (χ1v) is 7.39. The van der Waals surface area contributed by atoms with Crippen LogP contribution in [-0.2, 0) is 4.74 Å². The molecule has 2 rings (SSSR count). The van der Waals surface area contributed by atoms with Crippen LogP contribution in [0.1, 0.15) is 33.6 Å². The second-order valence-electron chi connectivity index (χ2n) is 6.93. The molecule has 3 nitrogen and oxygen atoms in total. The van der Waals surface area contributed by atoms with Crippen molar-refractivity contribution < 1.29 is 17.9 Å². The molecule has 0 aromatic rings. The van der Waals surface area contributed by atoms with Crippen molar-refractivity contribution in [2.24, 2.45) is 11.3 Å². The third kappa shape index (κ3) is 4.19. The summed E-state index contributed by atoms with van der Waals surface area (Å²) in [7, 11) is 0. The van der Waals surface area contributed by atoms with Crippen LogP contribution >= 0.6 is 0 Å². The van der Waals surface area contributed by atoms with Gasteiger partial charge in [0.05, 0.1) is 6.07 Å². The van der Waals surface area contributed by atoms with Gasteiger partial charge in [-0.25, -0.2) is 0 Å². The zero-order chi connectivity index (χ0) is 16.5. The normalized spacial score (nSPS) is 20.9. The lowest BCUT2D eigenvalue weighted by molar-refractivity contribution is -0.164. The van der Waals surface area contributed by atoms with Crippen LogP contribution in [0.25, 0.3) is 0 Å². The Bertz CT molecular complexity index is 519. The van der Waals surface area contributed by atoms with Gasteiger partial charge in [0.15, 0.2) is 6.61 Å². The lowest BCUT2D eigenvalue weighted by Gasteiger charge is -2.37. The lowest BCUT2D eigenvalue weighted by Crippen LogP contribution is -2.41. The fourth-order valence-electron chi connectivity index (χ4n) is 2.55. The summed E-state index contributed by atoms with van der Waals surface area (Å²) in [5, 5.41) is 9.41. The van der Waals surface area contributed by atoms with Gasteiger partial charge >= 0.3 is 6.18 Å². The minimum atomic E-state index is -4.34. The average molecular weight is 314 g/mol. The number of nitrogens with zero attached hydrogens (tertiary/aromatic N) is 2. The maximum absolute atomic E-state index is 12.3. The number of hydrogen-bond donors (Lipinski definition) is 0. The molecule has 2 aliphatic rings. The molecule has 1 aliphatic carbocycles. The number of nitriles is 1. The molecule has 1 unspecified atom stereocenters. The highest BCUT2D eigenvalue weighted by Gasteiger charge is 2.37. The summed E-state index contributed by atoms with van der Waals surface area (Å²) in [5.74, 6) is 0.572. The van der Waals surface area contributed by atoms with Gasteiger partial charge in [0.2, 0.25) is 0 Å². The first-order chi connectivity index (χ1) is 10.1. The van der Waals surface area contributed by atoms with Gasteiger partial charge in [-0.3, -0.25) is 0 Å². The van der Waals surface area contributed by atoms with Crippen LogP contribution in [0.3, 0.4) is 0 Å². The van der Waals surface area contributed by atoms with E-state index in [2.05, 4.69) is 6.07 Å². The summed E-state index contributed by atoms with van der Waals surface area (Å²) in [6, 6.07) is 1.96. The molecule has 0 bridgehead atoms. The number of allylic oxidation sites excluding steroid dienone is 1. The molecule has 22 heavy (non-hydrogen) atoms. The Balaban J connectivity index is 2.15. The molecule has 1 saturated carbocycles. The Kier molecular flexibility index (Phi) is 4.46. The van der Waals surface area contributed by atoms with E-state index in [1.165, 1.54) is 0 Å². The summed E-state index contributed by atoms with van der Waals surface area (Å²) in [6.07, 6.45) is 1.06. The molecule has 0 N–H and O–H groups in total. The Hall–Kier alpha value is -1.64. The smallest absolute Gasteiger partial charge is 0.422 e. The molecular formula is C16H21F3N2O. The standard InChI is InChI=1S/C16H21F3N2O/c1-15(2,3)14(8-20)21-7-6-13(22-10-16(17,18)19)12(9-21)11-4-5-11/h6,9,11,14H,4-5,7,10H2,1-3H3. The average Bonchev–Trinajstić information content (AvgIpc) is 3.19. The predicted molar refractivity (Wildman–Crippen MR) is 76.5 cm³/mol. The van der Waals surface area contributed by atoms with Crippen LogP contribution in [0.2, 0.25) is 0 Å². The molecular weight excluding hydrogens is 293 g/mol. The number of alkyl halides is 3. The lowest BCUT2D eigenvalue weighted by atomic mass is 9.86. The molecule has 0 amide bonds. The fraction of sp³-hybridized carbons (Fsp3) is 0.688. The molecule has 6 heteroatoms. The SMILES string of the molecule is CC(C)(C)C(C#N)N1C=C(C2CC2)C(OCC(F)(F)F)=CC1. The van der Waals surface area contributed by atoms with E-state index in [1.54, 1.807) is 6.08 Å². The molecule has 1 atom stereocenters. The van der Waals surface area contributed by atoms with Gasteiger partial charge in [-0.1, -0.05) is 20.8 Å². The summed E-state index contributed by atoms with van der Waals surface area (Å²) in [4.78, 5) is 1.90. The zero-order valence-electron chi connectivity index (χ0n) is 13.1. The monoisotopic (exact) mass is 314 g/mol. The summed E-state index contributed by atoms with van der Waals surface area (Å²) in [5.41, 5.74) is 0.554. The van der Waals surface area contributed by atoms with Crippen LogP contribution in [0.4, 0.5) is 13.2 Å². The minimum absolute atomic E-state index is 0.238. The van der Waals surface area contributed by atoms with E-state index in [4.69, 9.17) is 4.74 Å². The Morgan fingerprint density at radius 1 is 1.36 bits per heavy atom. The predicted octanol–water partition coefficient (Wildman–Crippen LogP) is 4.00. The number of rotatable bonds is 4. The minimum Gasteiger partial charge on any atom is -0.484 e. The number of halogens is 3. The quantitative estimate of drug-likeness (QED) is 0.787. The fourth-order valence-corrected chi connectivity index (χ4v) is 2.55. The molecule has 122 valence electrons. The van der Waals surface area contributed by atoms with Gasteiger partial charge in [0.1, 0.15) is 11.8 Å². The second kappa shape index (κ2) is 5.86. The van der Waals surface area contributed by atoms with Crippen LogP contribution in [0.5, 0.6) is 0 Å². The van der Waals surface area contributed by atoms with Crippen molar-refractivity contribution in [1.82, 2.24) is 4.90 Å². The van der Waals surface area contributed by atoms with E-state index in [1.807, 2.05) is 31.9 Å². The van der Waals surface area contributed by atoms with Crippen molar-refractivity contribution >= 4 is 0 Å². The van der Waals surface area contributed by atoms with Crippen molar-refractivity contribution in [3.63, 3.8) is 0 Å². The maximum atomic E-state index is 12.3. The van der Waals surface area contributed by atoms with Gasteiger partial charge in [-0.05, 0) is 30.3 Å². The molecule has 0 aromatic carbocycles. The van der Waals surface area contributed by atoms with Gasteiger partial charge in [-0.15, -0.1) is 0 Å². The number of hydrogen-bond acceptors (Lipinski definition) is 3. The van der Waals surface area contributed by atoms with E-state index in [0.717, 1.165) is 18.4 Å². The third-order valence-corrected chi connectivity index (χ3v) is 3.76. The number of ether oxygens (including phenoxy) is 1. The largest absolute Gasteiger partial charge is 0.484 e. The zero-order valence-corrected chi connectivity index (χ0v) is 13.1. The maximum Gasteiger partial charge on any atom is 0.422 e. The Morgan fingerprint density at radius 2 is 2.00 bits per heavy atom. The summed E-state index contributed by atoms with van der Waals surface area (Å²) < 4.78 is 42.0. The highest BCUT2D eigenvalue weighted by Crippen LogP contribution is 2.42. The second-order valence-corrected chi connectivity index (χ2v) is 6.93. The van der Waals surface area contributed by atoms with Gasteiger partial charge in [0, 0.05) is 18.3 Å². The van der Waals surface area contributed by atoms with Crippen LogP contribution in [0, 0.1) is 22.7 Å². The summed E-state index contributed by atoms with van der Waals surface area (Å²) >= 11 is 0. The molecule has 0 spiro atoms. The highest BCUT2D eigenvalue weighted by molar-refractivity contribution is 5.35. The molecule has 1 aliphatic heterocycles. The van der Waals surface area contributed by atoms with E-state index in [0.29, 0.717) is 12.3 Å². The molecule has 0 aromatic heterocycles. The van der Waals surface area contributed by atoms with Crippen molar-refractivity contribution in [3.8, 4) is 6.07 Å². The molecule has 0 saturated heterocycles. The van der Waals surface area contributed by atoms with Crippen molar-refractivity contribution in [2.45, 2.75) is 45.8 Å². The molecule has 0 radical (unpaired) electrons. The van der Waals surface area contributed by atoms with Crippen molar-refractivity contribution in [1.29, 1.82) is 5.26 Å². The first-order valence-electron chi connectivity index (χ1n) is 7.39. The topological polar surface area (TPSA) is 36.3 Å². The van der Waals surface area contributed by atoms with Gasteiger partial charge in [-0.2, -0.15) is 18.4 Å². The van der Waals surface area contributed by atoms with E-state index in [9.17, 15) is 18.4 Å².